The molecule has 13 heteroatoms. The maximum atomic E-state index is 13.0. The van der Waals surface area contributed by atoms with E-state index in [0.29, 0.717) is 43.2 Å². The van der Waals surface area contributed by atoms with Crippen molar-refractivity contribution < 1.29 is 38.2 Å². The molecule has 220 valence electrons. The van der Waals surface area contributed by atoms with Crippen LogP contribution < -0.4 is 16.4 Å². The van der Waals surface area contributed by atoms with E-state index in [1.807, 2.05) is 0 Å². The van der Waals surface area contributed by atoms with Crippen molar-refractivity contribution in [1.29, 1.82) is 0 Å². The zero-order chi connectivity index (χ0) is 29.3. The van der Waals surface area contributed by atoms with E-state index in [1.165, 1.54) is 9.80 Å². The van der Waals surface area contributed by atoms with Gasteiger partial charge in [-0.2, -0.15) is 0 Å². The summed E-state index contributed by atoms with van der Waals surface area (Å²) in [7, 11) is 0. The molecule has 1 aromatic carbocycles. The van der Waals surface area contributed by atoms with Crippen molar-refractivity contribution in [3.63, 3.8) is 0 Å². The standard InChI is InChI=1S/C27H39N5O8/c1-27(2,3)40-26(37)31(12-14-39-16-15-38-13-10-28)11-9-23(34)29-20-6-4-5-18-19(20)17-32(25(18)36)21-7-8-22(33)30-24(21)35/h4-6,21H,7-17,28H2,1-3H3,(H,29,34)(H,30,33,35). The van der Waals surface area contributed by atoms with Gasteiger partial charge in [0.05, 0.1) is 26.4 Å². The second-order valence-electron chi connectivity index (χ2n) is 10.5. The SMILES string of the molecule is CC(C)(C)OC(=O)N(CCOCCOCCN)CCC(=O)Nc1cccc2c1CN(C1CCC(=O)NC1=O)C2=O. The summed E-state index contributed by atoms with van der Waals surface area (Å²) >= 11 is 0. The van der Waals surface area contributed by atoms with Crippen LogP contribution in [0.4, 0.5) is 10.5 Å². The lowest BCUT2D eigenvalue weighted by atomic mass is 10.0. The summed E-state index contributed by atoms with van der Waals surface area (Å²) in [4.78, 5) is 65.4. The molecule has 0 aromatic heterocycles. The van der Waals surface area contributed by atoms with Crippen LogP contribution in [0.3, 0.4) is 0 Å². The van der Waals surface area contributed by atoms with E-state index >= 15 is 0 Å². The number of nitrogens with one attached hydrogen (secondary N) is 2. The average Bonchev–Trinajstić information content (AvgIpc) is 3.21. The van der Waals surface area contributed by atoms with E-state index in [1.54, 1.807) is 39.0 Å². The molecule has 2 aliphatic heterocycles. The Labute approximate surface area is 233 Å². The summed E-state index contributed by atoms with van der Waals surface area (Å²) in [5.41, 5.74) is 6.12. The zero-order valence-electron chi connectivity index (χ0n) is 23.3. The highest BCUT2D eigenvalue weighted by Crippen LogP contribution is 2.32. The fraction of sp³-hybridized carbons (Fsp3) is 0.593. The highest BCUT2D eigenvalue weighted by molar-refractivity contribution is 6.06. The number of rotatable bonds is 13. The quantitative estimate of drug-likeness (QED) is 0.235. The minimum atomic E-state index is -0.752. The van der Waals surface area contributed by atoms with Crippen molar-refractivity contribution in [2.45, 2.75) is 58.2 Å². The predicted octanol–water partition coefficient (Wildman–Crippen LogP) is 1.01. The number of imide groups is 1. The number of ether oxygens (including phenoxy) is 3. The molecule has 2 heterocycles. The number of hydrogen-bond donors (Lipinski definition) is 3. The van der Waals surface area contributed by atoms with Crippen molar-refractivity contribution >= 4 is 35.4 Å². The van der Waals surface area contributed by atoms with Crippen LogP contribution in [0, 0.1) is 0 Å². The second kappa shape index (κ2) is 14.2. The number of fused-ring (bicyclic) bond motifs is 1. The maximum absolute atomic E-state index is 13.0. The summed E-state index contributed by atoms with van der Waals surface area (Å²) in [5.74, 6) is -1.55. The lowest BCUT2D eigenvalue weighted by molar-refractivity contribution is -0.137. The lowest BCUT2D eigenvalue weighted by Crippen LogP contribution is -2.52. The summed E-state index contributed by atoms with van der Waals surface area (Å²) < 4.78 is 16.3. The van der Waals surface area contributed by atoms with Gasteiger partial charge in [-0.1, -0.05) is 6.07 Å². The van der Waals surface area contributed by atoms with Gasteiger partial charge in [-0.25, -0.2) is 4.79 Å². The summed E-state index contributed by atoms with van der Waals surface area (Å²) in [6.07, 6.45) is -0.180. The Kier molecular flexibility index (Phi) is 11.0. The number of amides is 5. The average molecular weight is 562 g/mol. The third-order valence-electron chi connectivity index (χ3n) is 6.26. The molecule has 5 amide bonds. The Balaban J connectivity index is 1.58. The van der Waals surface area contributed by atoms with Gasteiger partial charge >= 0.3 is 6.09 Å². The third kappa shape index (κ3) is 8.73. The Morgan fingerprint density at radius 1 is 1.10 bits per heavy atom. The predicted molar refractivity (Wildman–Crippen MR) is 144 cm³/mol. The summed E-state index contributed by atoms with van der Waals surface area (Å²) in [6.45, 7) is 7.55. The van der Waals surface area contributed by atoms with Crippen LogP contribution in [-0.4, -0.2) is 97.2 Å². The molecule has 0 bridgehead atoms. The number of carbonyl (C=O) groups is 5. The molecule has 1 fully saturated rings. The number of piperidine rings is 1. The van der Waals surface area contributed by atoms with E-state index < -0.39 is 23.6 Å². The molecule has 1 aromatic rings. The van der Waals surface area contributed by atoms with Crippen LogP contribution in [0.5, 0.6) is 0 Å². The number of nitrogens with two attached hydrogens (primary N) is 1. The van der Waals surface area contributed by atoms with Gasteiger partial charge in [0.25, 0.3) is 5.91 Å². The van der Waals surface area contributed by atoms with Crippen molar-refractivity contribution in [2.75, 3.05) is 51.4 Å². The van der Waals surface area contributed by atoms with Gasteiger partial charge in [0.2, 0.25) is 17.7 Å². The van der Waals surface area contributed by atoms with Gasteiger partial charge in [0.1, 0.15) is 11.6 Å². The number of anilines is 1. The third-order valence-corrected chi connectivity index (χ3v) is 6.26. The van der Waals surface area contributed by atoms with Gasteiger partial charge in [-0.3, -0.25) is 24.5 Å². The fourth-order valence-corrected chi connectivity index (χ4v) is 4.35. The summed E-state index contributed by atoms with van der Waals surface area (Å²) in [5, 5.41) is 5.11. The van der Waals surface area contributed by atoms with Crippen LogP contribution in [0.25, 0.3) is 0 Å². The smallest absolute Gasteiger partial charge is 0.410 e. The Morgan fingerprint density at radius 2 is 1.82 bits per heavy atom. The van der Waals surface area contributed by atoms with Crippen LogP contribution in [0.1, 0.15) is 56.0 Å². The molecule has 1 atom stereocenters. The molecule has 0 aliphatic carbocycles. The molecule has 1 saturated heterocycles. The monoisotopic (exact) mass is 561 g/mol. The second-order valence-corrected chi connectivity index (χ2v) is 10.5. The van der Waals surface area contributed by atoms with E-state index in [4.69, 9.17) is 19.9 Å². The van der Waals surface area contributed by atoms with Gasteiger partial charge in [-0.05, 0) is 39.3 Å². The largest absolute Gasteiger partial charge is 0.444 e. The fourth-order valence-electron chi connectivity index (χ4n) is 4.35. The number of hydrogen-bond acceptors (Lipinski definition) is 9. The van der Waals surface area contributed by atoms with E-state index in [-0.39, 0.29) is 63.2 Å². The first kappa shape index (κ1) is 31.0. The van der Waals surface area contributed by atoms with E-state index in [9.17, 15) is 24.0 Å². The van der Waals surface area contributed by atoms with Gasteiger partial charge in [0.15, 0.2) is 0 Å². The number of carbonyl (C=O) groups excluding carboxylic acids is 5. The molecule has 0 spiro atoms. The Bertz CT molecular complexity index is 1100. The highest BCUT2D eigenvalue weighted by Gasteiger charge is 2.40. The minimum absolute atomic E-state index is 0.0205. The van der Waals surface area contributed by atoms with Crippen LogP contribution >= 0.6 is 0 Å². The van der Waals surface area contributed by atoms with Crippen LogP contribution in [0.15, 0.2) is 18.2 Å². The van der Waals surface area contributed by atoms with Crippen molar-refractivity contribution in [3.05, 3.63) is 29.3 Å². The highest BCUT2D eigenvalue weighted by atomic mass is 16.6. The van der Waals surface area contributed by atoms with E-state index in [2.05, 4.69) is 10.6 Å². The van der Waals surface area contributed by atoms with Crippen molar-refractivity contribution in [3.8, 4) is 0 Å². The molecule has 0 radical (unpaired) electrons. The Morgan fingerprint density at radius 3 is 2.50 bits per heavy atom. The van der Waals surface area contributed by atoms with Gasteiger partial charge in [-0.15, -0.1) is 0 Å². The lowest BCUT2D eigenvalue weighted by Gasteiger charge is -2.29. The maximum Gasteiger partial charge on any atom is 0.410 e. The van der Waals surface area contributed by atoms with Crippen molar-refractivity contribution in [2.24, 2.45) is 5.73 Å². The molecule has 13 nitrogen and oxygen atoms in total. The van der Waals surface area contributed by atoms with E-state index in [0.717, 1.165) is 0 Å². The first-order chi connectivity index (χ1) is 19.0. The zero-order valence-corrected chi connectivity index (χ0v) is 23.3. The molecule has 3 rings (SSSR count). The molecule has 0 saturated carbocycles. The van der Waals surface area contributed by atoms with Crippen molar-refractivity contribution in [1.82, 2.24) is 15.1 Å². The Hall–Kier alpha value is -3.55. The number of nitrogens with zero attached hydrogens (tertiary/aromatic N) is 2. The number of benzene rings is 1. The first-order valence-electron chi connectivity index (χ1n) is 13.4. The molecule has 2 aliphatic rings. The topological polar surface area (TPSA) is 170 Å². The molecular weight excluding hydrogens is 522 g/mol. The van der Waals surface area contributed by atoms with Crippen LogP contribution in [0.2, 0.25) is 0 Å². The van der Waals surface area contributed by atoms with Gasteiger partial charge in [0, 0.05) is 55.8 Å². The molecular formula is C27H39N5O8. The first-order valence-corrected chi connectivity index (χ1v) is 13.4. The molecule has 40 heavy (non-hydrogen) atoms. The summed E-state index contributed by atoms with van der Waals surface area (Å²) in [6, 6.07) is 4.23. The minimum Gasteiger partial charge on any atom is -0.444 e. The van der Waals surface area contributed by atoms with Crippen LogP contribution in [-0.2, 0) is 35.1 Å². The molecule has 1 unspecified atom stereocenters. The normalized spacial score (nSPS) is 16.9. The van der Waals surface area contributed by atoms with Gasteiger partial charge < -0.3 is 35.1 Å². The molecule has 4 N–H and O–H groups in total.